The van der Waals surface area contributed by atoms with Gasteiger partial charge < -0.3 is 5.32 Å². The first-order valence-electron chi connectivity index (χ1n) is 7.16. The number of hydrogen-bond donors (Lipinski definition) is 1. The van der Waals surface area contributed by atoms with Crippen LogP contribution in [0.4, 0.5) is 0 Å². The summed E-state index contributed by atoms with van der Waals surface area (Å²) in [5, 5.41) is 4.62. The zero-order valence-electron chi connectivity index (χ0n) is 11.9. The summed E-state index contributed by atoms with van der Waals surface area (Å²) in [5.41, 5.74) is 1.24. The van der Waals surface area contributed by atoms with Gasteiger partial charge >= 0.3 is 0 Å². The van der Waals surface area contributed by atoms with E-state index in [0.29, 0.717) is 12.1 Å². The molecule has 1 atom stereocenters. The monoisotopic (exact) mass is 267 g/mol. The SMILES string of the molecule is CCCC(CCC)NC(C)Cc1ccccc1Cl. The summed E-state index contributed by atoms with van der Waals surface area (Å²) in [6.45, 7) is 6.76. The molecule has 0 aliphatic heterocycles. The second kappa shape index (κ2) is 8.55. The maximum absolute atomic E-state index is 6.20. The molecule has 18 heavy (non-hydrogen) atoms. The lowest BCUT2D eigenvalue weighted by molar-refractivity contribution is 0.395. The predicted octanol–water partition coefficient (Wildman–Crippen LogP) is 4.83. The Morgan fingerprint density at radius 2 is 1.72 bits per heavy atom. The predicted molar refractivity (Wildman–Crippen MR) is 81.4 cm³/mol. The van der Waals surface area contributed by atoms with Crippen molar-refractivity contribution in [1.82, 2.24) is 5.32 Å². The van der Waals surface area contributed by atoms with Gasteiger partial charge in [-0.1, -0.05) is 56.5 Å². The summed E-state index contributed by atoms with van der Waals surface area (Å²) in [4.78, 5) is 0. The summed E-state index contributed by atoms with van der Waals surface area (Å²) in [7, 11) is 0. The van der Waals surface area contributed by atoms with Crippen molar-refractivity contribution in [2.75, 3.05) is 0 Å². The van der Waals surface area contributed by atoms with E-state index in [1.54, 1.807) is 0 Å². The third-order valence-electron chi connectivity index (χ3n) is 3.28. The van der Waals surface area contributed by atoms with Crippen molar-refractivity contribution in [3.05, 3.63) is 34.9 Å². The summed E-state index contributed by atoms with van der Waals surface area (Å²) in [5.74, 6) is 0. The summed E-state index contributed by atoms with van der Waals surface area (Å²) >= 11 is 6.20. The van der Waals surface area contributed by atoms with Crippen molar-refractivity contribution in [2.45, 2.75) is 65.0 Å². The van der Waals surface area contributed by atoms with Gasteiger partial charge in [-0.25, -0.2) is 0 Å². The van der Waals surface area contributed by atoms with Gasteiger partial charge in [-0.2, -0.15) is 0 Å². The smallest absolute Gasteiger partial charge is 0.0438 e. The van der Waals surface area contributed by atoms with Gasteiger partial charge in [0.2, 0.25) is 0 Å². The molecular weight excluding hydrogens is 242 g/mol. The average molecular weight is 268 g/mol. The van der Waals surface area contributed by atoms with E-state index in [2.05, 4.69) is 38.2 Å². The number of benzene rings is 1. The van der Waals surface area contributed by atoms with Gasteiger partial charge in [0, 0.05) is 17.1 Å². The average Bonchev–Trinajstić information content (AvgIpc) is 2.33. The van der Waals surface area contributed by atoms with Crippen LogP contribution in [0.1, 0.15) is 52.0 Å². The molecule has 2 heteroatoms. The Labute approximate surface area is 117 Å². The fourth-order valence-electron chi connectivity index (χ4n) is 2.46. The van der Waals surface area contributed by atoms with Crippen LogP contribution in [0.25, 0.3) is 0 Å². The molecule has 0 bridgehead atoms. The van der Waals surface area contributed by atoms with Crippen LogP contribution >= 0.6 is 11.6 Å². The van der Waals surface area contributed by atoms with Gasteiger partial charge in [0.25, 0.3) is 0 Å². The van der Waals surface area contributed by atoms with Crippen LogP contribution in [0, 0.1) is 0 Å². The molecule has 0 fully saturated rings. The molecule has 1 rings (SSSR count). The number of nitrogens with one attached hydrogen (secondary N) is 1. The maximum Gasteiger partial charge on any atom is 0.0438 e. The van der Waals surface area contributed by atoms with Gasteiger partial charge in [-0.05, 0) is 37.8 Å². The van der Waals surface area contributed by atoms with Crippen molar-refractivity contribution >= 4 is 11.6 Å². The first-order valence-corrected chi connectivity index (χ1v) is 7.54. The molecule has 0 saturated heterocycles. The molecule has 102 valence electrons. The van der Waals surface area contributed by atoms with E-state index in [1.165, 1.54) is 31.2 Å². The van der Waals surface area contributed by atoms with E-state index >= 15 is 0 Å². The largest absolute Gasteiger partial charge is 0.311 e. The van der Waals surface area contributed by atoms with Crippen molar-refractivity contribution in [3.63, 3.8) is 0 Å². The summed E-state index contributed by atoms with van der Waals surface area (Å²) < 4.78 is 0. The Balaban J connectivity index is 2.49. The molecule has 0 aliphatic rings. The highest BCUT2D eigenvalue weighted by molar-refractivity contribution is 6.31. The number of halogens is 1. The molecule has 0 saturated carbocycles. The first-order chi connectivity index (χ1) is 8.67. The molecule has 0 heterocycles. The second-order valence-electron chi connectivity index (χ2n) is 5.14. The highest BCUT2D eigenvalue weighted by Crippen LogP contribution is 2.17. The number of hydrogen-bond acceptors (Lipinski definition) is 1. The molecule has 1 aromatic carbocycles. The molecule has 1 aromatic rings. The lowest BCUT2D eigenvalue weighted by Crippen LogP contribution is -2.37. The van der Waals surface area contributed by atoms with Crippen molar-refractivity contribution in [3.8, 4) is 0 Å². The van der Waals surface area contributed by atoms with E-state index in [-0.39, 0.29) is 0 Å². The van der Waals surface area contributed by atoms with Crippen LogP contribution in [0.5, 0.6) is 0 Å². The Morgan fingerprint density at radius 1 is 1.11 bits per heavy atom. The van der Waals surface area contributed by atoms with Crippen molar-refractivity contribution in [1.29, 1.82) is 0 Å². The highest BCUT2D eigenvalue weighted by atomic mass is 35.5. The summed E-state index contributed by atoms with van der Waals surface area (Å²) in [6, 6.07) is 9.27. The van der Waals surface area contributed by atoms with E-state index < -0.39 is 0 Å². The van der Waals surface area contributed by atoms with Crippen LogP contribution in [0.2, 0.25) is 5.02 Å². The Kier molecular flexibility index (Phi) is 7.38. The Bertz CT molecular complexity index is 332. The fourth-order valence-corrected chi connectivity index (χ4v) is 2.68. The van der Waals surface area contributed by atoms with Gasteiger partial charge in [0.1, 0.15) is 0 Å². The van der Waals surface area contributed by atoms with E-state index in [1.807, 2.05) is 12.1 Å². The fraction of sp³-hybridized carbons (Fsp3) is 0.625. The van der Waals surface area contributed by atoms with E-state index in [0.717, 1.165) is 11.4 Å². The normalized spacial score (nSPS) is 12.9. The molecular formula is C16H26ClN. The molecule has 1 N–H and O–H groups in total. The lowest BCUT2D eigenvalue weighted by Gasteiger charge is -2.23. The minimum atomic E-state index is 0.480. The van der Waals surface area contributed by atoms with E-state index in [4.69, 9.17) is 11.6 Å². The molecule has 0 aliphatic carbocycles. The molecule has 0 spiro atoms. The number of rotatable bonds is 8. The minimum absolute atomic E-state index is 0.480. The zero-order chi connectivity index (χ0) is 13.4. The standard InChI is InChI=1S/C16H26ClN/c1-4-8-15(9-5-2)18-13(3)12-14-10-6-7-11-16(14)17/h6-7,10-11,13,15,18H,4-5,8-9,12H2,1-3H3. The van der Waals surface area contributed by atoms with Crippen molar-refractivity contribution < 1.29 is 0 Å². The third-order valence-corrected chi connectivity index (χ3v) is 3.65. The Hall–Kier alpha value is -0.530. The maximum atomic E-state index is 6.20. The highest BCUT2D eigenvalue weighted by Gasteiger charge is 2.12. The van der Waals surface area contributed by atoms with Crippen LogP contribution in [0.15, 0.2) is 24.3 Å². The van der Waals surface area contributed by atoms with Gasteiger partial charge in [0.15, 0.2) is 0 Å². The Morgan fingerprint density at radius 3 is 2.28 bits per heavy atom. The van der Waals surface area contributed by atoms with Crippen LogP contribution in [-0.2, 0) is 6.42 Å². The molecule has 1 nitrogen and oxygen atoms in total. The zero-order valence-corrected chi connectivity index (χ0v) is 12.6. The van der Waals surface area contributed by atoms with Gasteiger partial charge in [-0.3, -0.25) is 0 Å². The minimum Gasteiger partial charge on any atom is -0.311 e. The van der Waals surface area contributed by atoms with Crippen LogP contribution < -0.4 is 5.32 Å². The van der Waals surface area contributed by atoms with Gasteiger partial charge in [0.05, 0.1) is 0 Å². The quantitative estimate of drug-likeness (QED) is 0.711. The molecule has 0 aromatic heterocycles. The van der Waals surface area contributed by atoms with Crippen LogP contribution in [-0.4, -0.2) is 12.1 Å². The molecule has 0 radical (unpaired) electrons. The molecule has 0 amide bonds. The lowest BCUT2D eigenvalue weighted by atomic mass is 10.0. The van der Waals surface area contributed by atoms with Crippen molar-refractivity contribution in [2.24, 2.45) is 0 Å². The topological polar surface area (TPSA) is 12.0 Å². The van der Waals surface area contributed by atoms with Crippen LogP contribution in [0.3, 0.4) is 0 Å². The second-order valence-corrected chi connectivity index (χ2v) is 5.54. The molecule has 1 unspecified atom stereocenters. The van der Waals surface area contributed by atoms with E-state index in [9.17, 15) is 0 Å². The summed E-state index contributed by atoms with van der Waals surface area (Å²) in [6.07, 6.45) is 6.03. The third kappa shape index (κ3) is 5.41. The first kappa shape index (κ1) is 15.5. The van der Waals surface area contributed by atoms with Gasteiger partial charge in [-0.15, -0.1) is 0 Å².